The molecular formula is C15H22Cl2N2OS. The number of thioether (sulfide) groups is 1. The number of carbonyl (C=O) groups is 1. The van der Waals surface area contributed by atoms with Gasteiger partial charge in [-0.2, -0.15) is 11.8 Å². The fraction of sp³-hybridized carbons (Fsp3) is 0.533. The minimum atomic E-state index is 0. The van der Waals surface area contributed by atoms with Gasteiger partial charge in [0.2, 0.25) is 5.91 Å². The number of nitrogens with one attached hydrogen (secondary N) is 1. The van der Waals surface area contributed by atoms with Gasteiger partial charge >= 0.3 is 0 Å². The lowest BCUT2D eigenvalue weighted by Crippen LogP contribution is -2.49. The highest BCUT2D eigenvalue weighted by Crippen LogP contribution is 2.25. The van der Waals surface area contributed by atoms with Crippen LogP contribution in [0.1, 0.15) is 24.9 Å². The van der Waals surface area contributed by atoms with Crippen molar-refractivity contribution in [1.29, 1.82) is 0 Å². The summed E-state index contributed by atoms with van der Waals surface area (Å²) in [5, 5.41) is 4.08. The van der Waals surface area contributed by atoms with Crippen molar-refractivity contribution in [2.75, 3.05) is 31.1 Å². The topological polar surface area (TPSA) is 32.3 Å². The molecule has 0 radical (unpaired) electrons. The number of rotatable bonds is 5. The molecule has 21 heavy (non-hydrogen) atoms. The molecule has 6 heteroatoms. The summed E-state index contributed by atoms with van der Waals surface area (Å²) < 4.78 is 0. The first kappa shape index (κ1) is 18.6. The van der Waals surface area contributed by atoms with Gasteiger partial charge in [-0.1, -0.05) is 30.7 Å². The molecule has 0 saturated carbocycles. The van der Waals surface area contributed by atoms with Gasteiger partial charge in [0.15, 0.2) is 0 Å². The smallest absolute Gasteiger partial charge is 0.233 e. The number of hydrogen-bond acceptors (Lipinski definition) is 3. The predicted octanol–water partition coefficient (Wildman–Crippen LogP) is 3.38. The molecule has 1 amide bonds. The molecular weight excluding hydrogens is 327 g/mol. The first-order chi connectivity index (χ1) is 9.72. The summed E-state index contributed by atoms with van der Waals surface area (Å²) in [5.41, 5.74) is 1.11. The second kappa shape index (κ2) is 9.57. The maximum Gasteiger partial charge on any atom is 0.233 e. The zero-order valence-corrected chi connectivity index (χ0v) is 14.6. The van der Waals surface area contributed by atoms with Crippen LogP contribution in [0.3, 0.4) is 0 Å². The van der Waals surface area contributed by atoms with Crippen LogP contribution in [0.4, 0.5) is 0 Å². The fourth-order valence-electron chi connectivity index (χ4n) is 2.40. The molecule has 0 aromatic heterocycles. The number of halogens is 2. The number of benzene rings is 1. The first-order valence-corrected chi connectivity index (χ1v) is 8.59. The average Bonchev–Trinajstić information content (AvgIpc) is 2.47. The van der Waals surface area contributed by atoms with E-state index in [4.69, 9.17) is 11.6 Å². The van der Waals surface area contributed by atoms with E-state index in [9.17, 15) is 4.79 Å². The van der Waals surface area contributed by atoms with Crippen molar-refractivity contribution in [3.05, 3.63) is 34.9 Å². The van der Waals surface area contributed by atoms with Gasteiger partial charge in [-0.15, -0.1) is 12.4 Å². The van der Waals surface area contributed by atoms with Crippen LogP contribution in [-0.2, 0) is 4.79 Å². The average molecular weight is 349 g/mol. The Morgan fingerprint density at radius 1 is 1.52 bits per heavy atom. The van der Waals surface area contributed by atoms with Gasteiger partial charge < -0.3 is 10.2 Å². The molecule has 1 aliphatic heterocycles. The molecule has 2 rings (SSSR count). The van der Waals surface area contributed by atoms with Gasteiger partial charge in [0.1, 0.15) is 0 Å². The summed E-state index contributed by atoms with van der Waals surface area (Å²) in [6.45, 7) is 4.56. The third kappa shape index (κ3) is 5.37. The summed E-state index contributed by atoms with van der Waals surface area (Å²) in [6.07, 6.45) is 1.11. The van der Waals surface area contributed by atoms with E-state index in [1.807, 2.05) is 29.2 Å². The molecule has 0 aliphatic carbocycles. The zero-order valence-electron chi connectivity index (χ0n) is 12.2. The van der Waals surface area contributed by atoms with E-state index in [0.717, 1.165) is 42.4 Å². The van der Waals surface area contributed by atoms with E-state index in [-0.39, 0.29) is 24.4 Å². The van der Waals surface area contributed by atoms with Crippen LogP contribution in [0.2, 0.25) is 5.02 Å². The van der Waals surface area contributed by atoms with Crippen molar-refractivity contribution in [2.45, 2.75) is 19.4 Å². The Balaban J connectivity index is 0.00000220. The van der Waals surface area contributed by atoms with Crippen molar-refractivity contribution in [1.82, 2.24) is 10.2 Å². The van der Waals surface area contributed by atoms with Crippen LogP contribution in [0, 0.1) is 0 Å². The third-order valence-electron chi connectivity index (χ3n) is 3.37. The highest BCUT2D eigenvalue weighted by atomic mass is 35.5. The van der Waals surface area contributed by atoms with Gasteiger partial charge in [0, 0.05) is 24.7 Å². The number of hydrogen-bond donors (Lipinski definition) is 1. The van der Waals surface area contributed by atoms with Crippen LogP contribution in [0.15, 0.2) is 24.3 Å². The van der Waals surface area contributed by atoms with Gasteiger partial charge in [-0.05, 0) is 29.9 Å². The molecule has 3 nitrogen and oxygen atoms in total. The quantitative estimate of drug-likeness (QED) is 0.827. The SMILES string of the molecule is CCCSCC(=O)N1CCNCC1c1cccc(Cl)c1.Cl. The standard InChI is InChI=1S/C15H21ClN2OS.ClH/c1-2-8-20-11-15(19)18-7-6-17-10-14(18)12-4-3-5-13(16)9-12;/h3-5,9,14,17H,2,6-8,10-11H2,1H3;1H. The highest BCUT2D eigenvalue weighted by molar-refractivity contribution is 7.99. The van der Waals surface area contributed by atoms with E-state index in [1.54, 1.807) is 11.8 Å². The molecule has 1 heterocycles. The summed E-state index contributed by atoms with van der Waals surface area (Å²) in [7, 11) is 0. The maximum atomic E-state index is 12.4. The molecule has 1 aromatic carbocycles. The zero-order chi connectivity index (χ0) is 14.4. The Bertz CT molecular complexity index is 459. The Labute approximate surface area is 142 Å². The van der Waals surface area contributed by atoms with Crippen molar-refractivity contribution >= 4 is 41.7 Å². The minimum absolute atomic E-state index is 0. The van der Waals surface area contributed by atoms with E-state index < -0.39 is 0 Å². The number of carbonyl (C=O) groups excluding carboxylic acids is 1. The van der Waals surface area contributed by atoms with E-state index in [1.165, 1.54) is 0 Å². The maximum absolute atomic E-state index is 12.4. The highest BCUT2D eigenvalue weighted by Gasteiger charge is 2.27. The van der Waals surface area contributed by atoms with Crippen LogP contribution in [-0.4, -0.2) is 41.9 Å². The van der Waals surface area contributed by atoms with Crippen LogP contribution >= 0.6 is 35.8 Å². The molecule has 118 valence electrons. The molecule has 1 atom stereocenters. The Morgan fingerprint density at radius 2 is 2.33 bits per heavy atom. The Morgan fingerprint density at radius 3 is 3.05 bits per heavy atom. The second-order valence-corrected chi connectivity index (χ2v) is 6.46. The molecule has 1 saturated heterocycles. The lowest BCUT2D eigenvalue weighted by molar-refractivity contribution is -0.131. The summed E-state index contributed by atoms with van der Waals surface area (Å²) in [4.78, 5) is 14.4. The molecule has 0 bridgehead atoms. The predicted molar refractivity (Wildman–Crippen MR) is 93.6 cm³/mol. The van der Waals surface area contributed by atoms with Crippen molar-refractivity contribution < 1.29 is 4.79 Å². The lowest BCUT2D eigenvalue weighted by atomic mass is 10.0. The molecule has 1 N–H and O–H groups in total. The van der Waals surface area contributed by atoms with E-state index in [0.29, 0.717) is 5.75 Å². The number of amides is 1. The molecule has 0 spiro atoms. The van der Waals surface area contributed by atoms with Gasteiger partial charge in [-0.25, -0.2) is 0 Å². The normalized spacial score (nSPS) is 18.2. The van der Waals surface area contributed by atoms with Crippen molar-refractivity contribution in [3.8, 4) is 0 Å². The summed E-state index contributed by atoms with van der Waals surface area (Å²) in [6, 6.07) is 7.91. The van der Waals surface area contributed by atoms with Gasteiger partial charge in [0.05, 0.1) is 11.8 Å². The molecule has 1 fully saturated rings. The molecule has 1 aliphatic rings. The Hall–Kier alpha value is -0.420. The summed E-state index contributed by atoms with van der Waals surface area (Å²) >= 11 is 7.78. The first-order valence-electron chi connectivity index (χ1n) is 7.05. The van der Waals surface area contributed by atoms with Gasteiger partial charge in [0.25, 0.3) is 0 Å². The minimum Gasteiger partial charge on any atom is -0.332 e. The van der Waals surface area contributed by atoms with Crippen LogP contribution in [0.5, 0.6) is 0 Å². The number of nitrogens with zero attached hydrogens (tertiary/aromatic N) is 1. The fourth-order valence-corrected chi connectivity index (χ4v) is 3.37. The Kier molecular flexibility index (Phi) is 8.49. The van der Waals surface area contributed by atoms with E-state index in [2.05, 4.69) is 12.2 Å². The van der Waals surface area contributed by atoms with E-state index >= 15 is 0 Å². The number of piperazine rings is 1. The second-order valence-electron chi connectivity index (χ2n) is 4.91. The van der Waals surface area contributed by atoms with Gasteiger partial charge in [-0.3, -0.25) is 4.79 Å². The van der Waals surface area contributed by atoms with Crippen LogP contribution in [0.25, 0.3) is 0 Å². The largest absolute Gasteiger partial charge is 0.332 e. The molecule has 1 unspecified atom stereocenters. The summed E-state index contributed by atoms with van der Waals surface area (Å²) in [5.74, 6) is 1.85. The molecule has 1 aromatic rings. The van der Waals surface area contributed by atoms with Crippen LogP contribution < -0.4 is 5.32 Å². The van der Waals surface area contributed by atoms with Crippen molar-refractivity contribution in [3.63, 3.8) is 0 Å². The third-order valence-corrected chi connectivity index (χ3v) is 4.75. The van der Waals surface area contributed by atoms with Crippen molar-refractivity contribution in [2.24, 2.45) is 0 Å². The monoisotopic (exact) mass is 348 g/mol. The lowest BCUT2D eigenvalue weighted by Gasteiger charge is -2.36.